The van der Waals surface area contributed by atoms with E-state index in [2.05, 4.69) is 10.2 Å². The van der Waals surface area contributed by atoms with Crippen LogP contribution in [0.4, 0.5) is 5.69 Å². The molecule has 2 aromatic rings. The molecule has 0 bridgehead atoms. The van der Waals surface area contributed by atoms with Gasteiger partial charge in [0.15, 0.2) is 5.82 Å². The van der Waals surface area contributed by atoms with E-state index in [1.807, 2.05) is 18.4 Å². The molecule has 2 rings (SSSR count). The zero-order chi connectivity index (χ0) is 13.3. The molecule has 0 amide bonds. The number of aromatic nitrogens is 3. The van der Waals surface area contributed by atoms with Crippen LogP contribution >= 0.6 is 0 Å². The highest BCUT2D eigenvalue weighted by atomic mass is 16.6. The van der Waals surface area contributed by atoms with Crippen LogP contribution in [0.25, 0.3) is 11.4 Å². The second kappa shape index (κ2) is 4.56. The lowest BCUT2D eigenvalue weighted by Gasteiger charge is -2.10. The van der Waals surface area contributed by atoms with E-state index in [0.29, 0.717) is 17.0 Å². The Hall–Kier alpha value is -2.24. The molecule has 0 radical (unpaired) electrons. The van der Waals surface area contributed by atoms with Gasteiger partial charge in [-0.1, -0.05) is 12.1 Å². The third-order valence-electron chi connectivity index (χ3n) is 2.79. The SMILES string of the molecule is Cc1cccc(-c2nncn2C(C)C)c1[N+](=O)[O-]. The maximum absolute atomic E-state index is 11.2. The summed E-state index contributed by atoms with van der Waals surface area (Å²) in [6.45, 7) is 5.68. The molecule has 6 heteroatoms. The van der Waals surface area contributed by atoms with E-state index in [-0.39, 0.29) is 16.7 Å². The normalized spacial score (nSPS) is 10.9. The number of hydrogen-bond donors (Lipinski definition) is 0. The Morgan fingerprint density at radius 1 is 1.39 bits per heavy atom. The van der Waals surface area contributed by atoms with Crippen molar-refractivity contribution < 1.29 is 4.92 Å². The van der Waals surface area contributed by atoms with Crippen LogP contribution in [0.1, 0.15) is 25.5 Å². The fourth-order valence-electron chi connectivity index (χ4n) is 1.90. The number of benzene rings is 1. The highest BCUT2D eigenvalue weighted by molar-refractivity contribution is 5.70. The van der Waals surface area contributed by atoms with E-state index in [9.17, 15) is 10.1 Å². The summed E-state index contributed by atoms with van der Waals surface area (Å²) in [5.74, 6) is 0.528. The number of hydrogen-bond acceptors (Lipinski definition) is 4. The van der Waals surface area contributed by atoms with Gasteiger partial charge in [0, 0.05) is 11.6 Å². The van der Waals surface area contributed by atoms with Gasteiger partial charge >= 0.3 is 0 Å². The van der Waals surface area contributed by atoms with Crippen molar-refractivity contribution in [2.75, 3.05) is 0 Å². The molecule has 0 N–H and O–H groups in total. The van der Waals surface area contributed by atoms with Gasteiger partial charge in [-0.15, -0.1) is 10.2 Å². The number of para-hydroxylation sites is 1. The number of aryl methyl sites for hydroxylation is 1. The maximum atomic E-state index is 11.2. The van der Waals surface area contributed by atoms with Crippen LogP contribution in [0, 0.1) is 17.0 Å². The summed E-state index contributed by atoms with van der Waals surface area (Å²) in [4.78, 5) is 10.8. The first-order valence-electron chi connectivity index (χ1n) is 5.66. The summed E-state index contributed by atoms with van der Waals surface area (Å²) < 4.78 is 1.82. The molecule has 1 aromatic heterocycles. The van der Waals surface area contributed by atoms with Crippen molar-refractivity contribution in [3.63, 3.8) is 0 Å². The van der Waals surface area contributed by atoms with Gasteiger partial charge in [0.05, 0.1) is 10.5 Å². The van der Waals surface area contributed by atoms with E-state index in [1.165, 1.54) is 0 Å². The second-order valence-corrected chi connectivity index (χ2v) is 4.38. The lowest BCUT2D eigenvalue weighted by molar-refractivity contribution is -0.384. The van der Waals surface area contributed by atoms with Crippen LogP contribution in [-0.2, 0) is 0 Å². The monoisotopic (exact) mass is 246 g/mol. The van der Waals surface area contributed by atoms with Gasteiger partial charge in [0.2, 0.25) is 0 Å². The number of nitro groups is 1. The fourth-order valence-corrected chi connectivity index (χ4v) is 1.90. The van der Waals surface area contributed by atoms with Crippen molar-refractivity contribution in [2.24, 2.45) is 0 Å². The Balaban J connectivity index is 2.68. The van der Waals surface area contributed by atoms with Crippen molar-refractivity contribution in [1.82, 2.24) is 14.8 Å². The summed E-state index contributed by atoms with van der Waals surface area (Å²) in [6.07, 6.45) is 1.59. The first-order valence-corrected chi connectivity index (χ1v) is 5.66. The van der Waals surface area contributed by atoms with Gasteiger partial charge in [-0.05, 0) is 26.8 Å². The molecule has 0 saturated heterocycles. The molecular formula is C12H14N4O2. The third-order valence-corrected chi connectivity index (χ3v) is 2.79. The molecular weight excluding hydrogens is 232 g/mol. The van der Waals surface area contributed by atoms with Crippen molar-refractivity contribution in [2.45, 2.75) is 26.8 Å². The smallest absolute Gasteiger partial charge is 0.283 e. The predicted molar refractivity (Wildman–Crippen MR) is 67.2 cm³/mol. The van der Waals surface area contributed by atoms with E-state index < -0.39 is 0 Å². The average molecular weight is 246 g/mol. The second-order valence-electron chi connectivity index (χ2n) is 4.38. The van der Waals surface area contributed by atoms with Gasteiger partial charge in [-0.3, -0.25) is 10.1 Å². The van der Waals surface area contributed by atoms with Crippen molar-refractivity contribution in [3.05, 3.63) is 40.2 Å². The summed E-state index contributed by atoms with van der Waals surface area (Å²) >= 11 is 0. The molecule has 0 saturated carbocycles. The Morgan fingerprint density at radius 3 is 2.72 bits per heavy atom. The molecule has 6 nitrogen and oxygen atoms in total. The number of nitrogens with zero attached hydrogens (tertiary/aromatic N) is 4. The molecule has 0 unspecified atom stereocenters. The van der Waals surface area contributed by atoms with Gasteiger partial charge in [0.25, 0.3) is 5.69 Å². The Labute approximate surface area is 104 Å². The zero-order valence-electron chi connectivity index (χ0n) is 10.5. The Bertz CT molecular complexity index is 590. The van der Waals surface area contributed by atoms with Crippen LogP contribution in [0.15, 0.2) is 24.5 Å². The van der Waals surface area contributed by atoms with Crippen molar-refractivity contribution in [1.29, 1.82) is 0 Å². The van der Waals surface area contributed by atoms with E-state index in [0.717, 1.165) is 0 Å². The molecule has 0 spiro atoms. The summed E-state index contributed by atoms with van der Waals surface area (Å²) in [5, 5.41) is 19.0. The van der Waals surface area contributed by atoms with E-state index in [4.69, 9.17) is 0 Å². The molecule has 0 aliphatic heterocycles. The van der Waals surface area contributed by atoms with Crippen molar-refractivity contribution in [3.8, 4) is 11.4 Å². The summed E-state index contributed by atoms with van der Waals surface area (Å²) in [6, 6.07) is 5.36. The summed E-state index contributed by atoms with van der Waals surface area (Å²) in [5.41, 5.74) is 1.22. The molecule has 1 heterocycles. The quantitative estimate of drug-likeness (QED) is 0.616. The lowest BCUT2D eigenvalue weighted by atomic mass is 10.1. The minimum atomic E-state index is -0.371. The van der Waals surface area contributed by atoms with E-state index in [1.54, 1.807) is 31.5 Å². The highest BCUT2D eigenvalue weighted by Gasteiger charge is 2.22. The molecule has 94 valence electrons. The lowest BCUT2D eigenvalue weighted by Crippen LogP contribution is -2.04. The van der Waals surface area contributed by atoms with Crippen LogP contribution in [0.3, 0.4) is 0 Å². The largest absolute Gasteiger partial charge is 0.311 e. The topological polar surface area (TPSA) is 73.8 Å². The minimum Gasteiger partial charge on any atom is -0.311 e. The first kappa shape index (κ1) is 12.2. The molecule has 0 aliphatic rings. The Kier molecular flexibility index (Phi) is 3.10. The number of rotatable bonds is 3. The summed E-state index contributed by atoms with van der Waals surface area (Å²) in [7, 11) is 0. The molecule has 18 heavy (non-hydrogen) atoms. The minimum absolute atomic E-state index is 0.0902. The van der Waals surface area contributed by atoms with Gasteiger partial charge in [0.1, 0.15) is 6.33 Å². The standard InChI is InChI=1S/C12H14N4O2/c1-8(2)15-7-13-14-12(15)10-6-4-5-9(3)11(10)16(17)18/h4-8H,1-3H3. The molecule has 1 aromatic carbocycles. The van der Waals surface area contributed by atoms with Crippen LogP contribution in [0.2, 0.25) is 0 Å². The maximum Gasteiger partial charge on any atom is 0.283 e. The molecule has 0 fully saturated rings. The first-order chi connectivity index (χ1) is 8.52. The van der Waals surface area contributed by atoms with Gasteiger partial charge in [-0.2, -0.15) is 0 Å². The van der Waals surface area contributed by atoms with Crippen LogP contribution < -0.4 is 0 Å². The Morgan fingerprint density at radius 2 is 2.11 bits per heavy atom. The number of nitro benzene ring substituents is 1. The fraction of sp³-hybridized carbons (Fsp3) is 0.333. The highest BCUT2D eigenvalue weighted by Crippen LogP contribution is 2.32. The van der Waals surface area contributed by atoms with E-state index >= 15 is 0 Å². The zero-order valence-corrected chi connectivity index (χ0v) is 10.5. The molecule has 0 atom stereocenters. The van der Waals surface area contributed by atoms with Crippen molar-refractivity contribution >= 4 is 5.69 Å². The average Bonchev–Trinajstić information content (AvgIpc) is 2.76. The van der Waals surface area contributed by atoms with Crippen LogP contribution in [-0.4, -0.2) is 19.7 Å². The van der Waals surface area contributed by atoms with Gasteiger partial charge in [-0.25, -0.2) is 0 Å². The third kappa shape index (κ3) is 1.97. The predicted octanol–water partition coefficient (Wildman–Crippen LogP) is 2.74. The van der Waals surface area contributed by atoms with Gasteiger partial charge < -0.3 is 4.57 Å². The molecule has 0 aliphatic carbocycles. The van der Waals surface area contributed by atoms with Crippen LogP contribution in [0.5, 0.6) is 0 Å².